The molecule has 3 aromatic rings. The van der Waals surface area contributed by atoms with Crippen LogP contribution in [0.5, 0.6) is 0 Å². The fraction of sp³-hybridized carbons (Fsp3) is 0.387. The summed E-state index contributed by atoms with van der Waals surface area (Å²) in [4.78, 5) is 30.1. The highest BCUT2D eigenvalue weighted by Gasteiger charge is 2.15. The fourth-order valence-electron chi connectivity index (χ4n) is 3.98. The van der Waals surface area contributed by atoms with Crippen molar-refractivity contribution in [2.75, 3.05) is 25.9 Å². The predicted molar refractivity (Wildman–Crippen MR) is 157 cm³/mol. The minimum absolute atomic E-state index is 0.0440. The molecule has 0 radical (unpaired) electrons. The van der Waals surface area contributed by atoms with Gasteiger partial charge in [-0.2, -0.15) is 0 Å². The van der Waals surface area contributed by atoms with Gasteiger partial charge in [0.15, 0.2) is 5.78 Å². The summed E-state index contributed by atoms with van der Waals surface area (Å²) in [5.74, 6) is 0.0440. The lowest BCUT2D eigenvalue weighted by Gasteiger charge is -2.20. The van der Waals surface area contributed by atoms with Gasteiger partial charge in [0.1, 0.15) is 13.6 Å². The van der Waals surface area contributed by atoms with E-state index in [0.717, 1.165) is 11.2 Å². The van der Waals surface area contributed by atoms with Gasteiger partial charge in [0, 0.05) is 22.8 Å². The highest BCUT2D eigenvalue weighted by atomic mass is 16.1. The number of allylic oxidation sites excluding steroid dienone is 1. The summed E-state index contributed by atoms with van der Waals surface area (Å²) in [5, 5.41) is 1.22. The summed E-state index contributed by atoms with van der Waals surface area (Å²) >= 11 is 0. The number of rotatable bonds is 3. The zero-order valence-corrected chi connectivity index (χ0v) is 23.5. The van der Waals surface area contributed by atoms with E-state index in [1.54, 1.807) is 0 Å². The molecule has 0 bridgehead atoms. The number of ketones is 1. The molecule has 1 aromatic heterocycles. The van der Waals surface area contributed by atoms with Gasteiger partial charge in [0.2, 0.25) is 0 Å². The van der Waals surface area contributed by atoms with Crippen molar-refractivity contribution in [1.29, 1.82) is 0 Å². The van der Waals surface area contributed by atoms with Crippen molar-refractivity contribution in [3.05, 3.63) is 77.5 Å². The van der Waals surface area contributed by atoms with Gasteiger partial charge in [0.25, 0.3) is 0 Å². The minimum atomic E-state index is -0.189. The fourth-order valence-corrected chi connectivity index (χ4v) is 3.98. The first-order chi connectivity index (χ1) is 17.6. The molecule has 2 heterocycles. The third-order valence-electron chi connectivity index (χ3n) is 6.33. The van der Waals surface area contributed by atoms with Crippen molar-refractivity contribution in [1.82, 2.24) is 9.47 Å². The molecule has 6 heteroatoms. The lowest BCUT2D eigenvalue weighted by atomic mass is 10.1. The molecule has 37 heavy (non-hydrogen) atoms. The second-order valence-corrected chi connectivity index (χ2v) is 9.23. The minimum Gasteiger partial charge on any atom is -0.399 e. The van der Waals surface area contributed by atoms with Gasteiger partial charge in [-0.05, 0) is 115 Å². The van der Waals surface area contributed by atoms with Crippen LogP contribution in [0.25, 0.3) is 10.9 Å². The molecule has 1 unspecified atom stereocenters. The smallest absolute Gasteiger partial charge is 0.177 e. The maximum atomic E-state index is 11.7. The van der Waals surface area contributed by atoms with Crippen LogP contribution in [-0.2, 0) is 14.4 Å². The van der Waals surface area contributed by atoms with Crippen molar-refractivity contribution < 1.29 is 14.4 Å². The Morgan fingerprint density at radius 2 is 1.49 bits per heavy atom. The van der Waals surface area contributed by atoms with E-state index in [0.29, 0.717) is 0 Å². The highest BCUT2D eigenvalue weighted by Crippen LogP contribution is 2.25. The van der Waals surface area contributed by atoms with E-state index in [4.69, 9.17) is 15.3 Å². The SMILES string of the molecule is C=CC(=O)C(C)n1cc(C)c2cc(C)ccc21.C=O.C=O.CN1CCCCC1.Cc1ccc(N)cc1C. The average molecular weight is 508 g/mol. The van der Waals surface area contributed by atoms with E-state index >= 15 is 0 Å². The summed E-state index contributed by atoms with van der Waals surface area (Å²) in [6.45, 7) is 20.4. The number of benzene rings is 2. The molecule has 202 valence electrons. The maximum Gasteiger partial charge on any atom is 0.177 e. The van der Waals surface area contributed by atoms with Crippen LogP contribution in [0.4, 0.5) is 5.69 Å². The Morgan fingerprint density at radius 3 is 1.95 bits per heavy atom. The molecular weight excluding hydrogens is 462 g/mol. The molecule has 0 saturated carbocycles. The van der Waals surface area contributed by atoms with Crippen molar-refractivity contribution in [2.24, 2.45) is 0 Å². The van der Waals surface area contributed by atoms with Crippen molar-refractivity contribution >= 4 is 36.0 Å². The first kappa shape index (κ1) is 33.5. The highest BCUT2D eigenvalue weighted by molar-refractivity contribution is 5.94. The molecule has 0 amide bonds. The average Bonchev–Trinajstić information content (AvgIpc) is 3.24. The largest absolute Gasteiger partial charge is 0.399 e. The molecule has 1 aliphatic heterocycles. The number of nitrogen functional groups attached to an aromatic ring is 1. The van der Waals surface area contributed by atoms with Gasteiger partial charge in [-0.15, -0.1) is 0 Å². The Balaban J connectivity index is 0.000000544. The Morgan fingerprint density at radius 1 is 0.892 bits per heavy atom. The zero-order valence-electron chi connectivity index (χ0n) is 23.5. The summed E-state index contributed by atoms with van der Waals surface area (Å²) in [6.07, 6.45) is 7.70. The number of hydrogen-bond acceptors (Lipinski definition) is 5. The van der Waals surface area contributed by atoms with Gasteiger partial charge in [-0.25, -0.2) is 0 Å². The number of anilines is 1. The van der Waals surface area contributed by atoms with E-state index in [1.165, 1.54) is 66.1 Å². The van der Waals surface area contributed by atoms with E-state index < -0.39 is 0 Å². The summed E-state index contributed by atoms with van der Waals surface area (Å²) in [7, 11) is 2.19. The molecule has 4 rings (SSSR count). The number of aromatic nitrogens is 1. The summed E-state index contributed by atoms with van der Waals surface area (Å²) in [5.41, 5.74) is 12.5. The Labute approximate surface area is 223 Å². The monoisotopic (exact) mass is 507 g/mol. The standard InChI is InChI=1S/C15H17NO.C8H11N.C6H13N.2CH2O/c1-5-15(17)12(4)16-9-11(3)13-8-10(2)6-7-14(13)16;1-6-3-4-8(9)5-7(6)2;1-7-5-3-2-4-6-7;2*1-2/h5-9,12H,1H2,2-4H3;3-5H,9H2,1-2H3;2-6H2,1H3;2*1H2. The van der Waals surface area contributed by atoms with Crippen LogP contribution in [0.3, 0.4) is 0 Å². The molecule has 0 spiro atoms. The van der Waals surface area contributed by atoms with Gasteiger partial charge in [0.05, 0.1) is 6.04 Å². The van der Waals surface area contributed by atoms with Gasteiger partial charge >= 0.3 is 0 Å². The molecule has 2 aromatic carbocycles. The van der Waals surface area contributed by atoms with Crippen LogP contribution in [0.15, 0.2) is 55.3 Å². The van der Waals surface area contributed by atoms with Gasteiger partial charge in [-0.1, -0.05) is 30.7 Å². The number of carbonyl (C=O) groups excluding carboxylic acids is 3. The van der Waals surface area contributed by atoms with Crippen LogP contribution in [0, 0.1) is 27.7 Å². The van der Waals surface area contributed by atoms with E-state index in [1.807, 2.05) is 49.5 Å². The topological polar surface area (TPSA) is 85.4 Å². The molecule has 2 N–H and O–H groups in total. The number of nitrogens with two attached hydrogens (primary N) is 1. The van der Waals surface area contributed by atoms with E-state index in [9.17, 15) is 4.79 Å². The molecule has 1 atom stereocenters. The number of nitrogens with zero attached hydrogens (tertiary/aromatic N) is 2. The lowest BCUT2D eigenvalue weighted by Crippen LogP contribution is -2.24. The Hall–Kier alpha value is -3.51. The van der Waals surface area contributed by atoms with Crippen molar-refractivity contribution in [3.63, 3.8) is 0 Å². The van der Waals surface area contributed by atoms with Crippen molar-refractivity contribution in [3.8, 4) is 0 Å². The van der Waals surface area contributed by atoms with Crippen LogP contribution >= 0.6 is 0 Å². The Bertz CT molecular complexity index is 1110. The summed E-state index contributed by atoms with van der Waals surface area (Å²) < 4.78 is 2.02. The number of hydrogen-bond donors (Lipinski definition) is 1. The third kappa shape index (κ3) is 11.0. The second-order valence-electron chi connectivity index (χ2n) is 9.23. The van der Waals surface area contributed by atoms with E-state index in [-0.39, 0.29) is 11.8 Å². The second kappa shape index (κ2) is 17.8. The number of carbonyl (C=O) groups is 3. The summed E-state index contributed by atoms with van der Waals surface area (Å²) in [6, 6.07) is 12.1. The molecular formula is C31H45N3O3. The normalized spacial score (nSPS) is 13.1. The lowest BCUT2D eigenvalue weighted by molar-refractivity contribution is -0.117. The first-order valence-electron chi connectivity index (χ1n) is 12.5. The Kier molecular flexibility index (Phi) is 16.2. The molecule has 0 aliphatic carbocycles. The third-order valence-corrected chi connectivity index (χ3v) is 6.33. The molecule has 1 aliphatic rings. The molecule has 1 fully saturated rings. The molecule has 1 saturated heterocycles. The zero-order chi connectivity index (χ0) is 28.5. The number of fused-ring (bicyclic) bond motifs is 1. The van der Waals surface area contributed by atoms with Crippen LogP contribution in [-0.4, -0.2) is 49.0 Å². The van der Waals surface area contributed by atoms with E-state index in [2.05, 4.69) is 64.4 Å². The van der Waals surface area contributed by atoms with Crippen LogP contribution < -0.4 is 5.73 Å². The quantitative estimate of drug-likeness (QED) is 0.337. The van der Waals surface area contributed by atoms with Crippen LogP contribution in [0.2, 0.25) is 0 Å². The first-order valence-corrected chi connectivity index (χ1v) is 12.5. The molecule has 6 nitrogen and oxygen atoms in total. The van der Waals surface area contributed by atoms with Gasteiger partial charge in [-0.3, -0.25) is 4.79 Å². The predicted octanol–water partition coefficient (Wildman–Crippen LogP) is 6.19. The maximum absolute atomic E-state index is 11.7. The number of piperidine rings is 1. The van der Waals surface area contributed by atoms with Gasteiger partial charge < -0.3 is 24.8 Å². The number of likely N-dealkylation sites (tertiary alicyclic amines) is 1. The van der Waals surface area contributed by atoms with Crippen molar-refractivity contribution in [2.45, 2.75) is 59.9 Å². The van der Waals surface area contributed by atoms with Crippen LogP contribution in [0.1, 0.15) is 54.5 Å². The number of aryl methyl sites for hydroxylation is 4.